The number of thioether (sulfide) groups is 1. The van der Waals surface area contributed by atoms with Gasteiger partial charge in [-0.15, -0.1) is 10.2 Å². The average molecular weight is 481 g/mol. The summed E-state index contributed by atoms with van der Waals surface area (Å²) in [6.07, 6.45) is 3.62. The van der Waals surface area contributed by atoms with Gasteiger partial charge in [-0.1, -0.05) is 18.2 Å². The fourth-order valence-electron chi connectivity index (χ4n) is 4.26. The van der Waals surface area contributed by atoms with Crippen LogP contribution in [0.15, 0.2) is 62.9 Å². The number of hydrogen-bond donors (Lipinski definition) is 0. The molecular weight excluding hydrogens is 455 g/mol. The first-order valence-electron chi connectivity index (χ1n) is 11.3. The van der Waals surface area contributed by atoms with E-state index in [2.05, 4.69) is 15.1 Å². The quantitative estimate of drug-likeness (QED) is 0.278. The van der Waals surface area contributed by atoms with E-state index >= 15 is 0 Å². The lowest BCUT2D eigenvalue weighted by molar-refractivity contribution is 0.214. The monoisotopic (exact) mass is 480 g/mol. The highest BCUT2D eigenvalue weighted by molar-refractivity contribution is 7.98. The van der Waals surface area contributed by atoms with Gasteiger partial charge in [0.25, 0.3) is 0 Å². The first-order chi connectivity index (χ1) is 16.6. The number of halogens is 1. The molecule has 1 aliphatic heterocycles. The first-order valence-corrected chi connectivity index (χ1v) is 12.3. The van der Waals surface area contributed by atoms with Gasteiger partial charge in [0.15, 0.2) is 11.0 Å². The minimum atomic E-state index is -0.415. The second-order valence-corrected chi connectivity index (χ2v) is 9.23. The molecule has 34 heavy (non-hydrogen) atoms. The molecule has 0 spiro atoms. The summed E-state index contributed by atoms with van der Waals surface area (Å²) in [5.41, 5.74) is 1.71. The normalized spacial score (nSPS) is 14.5. The van der Waals surface area contributed by atoms with Gasteiger partial charge in [-0.2, -0.15) is 0 Å². The number of methoxy groups -OCH3 is 1. The number of piperidine rings is 1. The van der Waals surface area contributed by atoms with E-state index in [-0.39, 0.29) is 5.82 Å². The predicted octanol–water partition coefficient (Wildman–Crippen LogP) is 4.80. The largest absolute Gasteiger partial charge is 0.497 e. The molecule has 1 saturated heterocycles. The Bertz CT molecular complexity index is 1350. The first kappa shape index (κ1) is 22.6. The zero-order valence-electron chi connectivity index (χ0n) is 18.9. The van der Waals surface area contributed by atoms with Crippen LogP contribution in [-0.4, -0.2) is 39.9 Å². The number of hydrogen-bond acceptors (Lipinski definition) is 7. The van der Waals surface area contributed by atoms with Crippen LogP contribution < -0.4 is 10.4 Å². The van der Waals surface area contributed by atoms with Crippen LogP contribution in [0, 0.1) is 5.82 Å². The maximum absolute atomic E-state index is 13.6. The topological polar surface area (TPSA) is 73.4 Å². The Labute approximate surface area is 200 Å². The summed E-state index contributed by atoms with van der Waals surface area (Å²) in [6.45, 7) is 2.75. The number of nitrogens with zero attached hydrogens (tertiary/aromatic N) is 4. The molecule has 0 aliphatic carbocycles. The van der Waals surface area contributed by atoms with E-state index in [0.717, 1.165) is 35.6 Å². The fraction of sp³-hybridized carbons (Fsp3) is 0.320. The lowest BCUT2D eigenvalue weighted by Crippen LogP contribution is -2.30. The smallest absolute Gasteiger partial charge is 0.336 e. The van der Waals surface area contributed by atoms with Crippen LogP contribution in [0.4, 0.5) is 4.39 Å². The Morgan fingerprint density at radius 1 is 1.06 bits per heavy atom. The highest BCUT2D eigenvalue weighted by Crippen LogP contribution is 2.30. The Morgan fingerprint density at radius 2 is 1.85 bits per heavy atom. The van der Waals surface area contributed by atoms with Crippen LogP contribution in [0.2, 0.25) is 0 Å². The third-order valence-electron chi connectivity index (χ3n) is 5.99. The van der Waals surface area contributed by atoms with Gasteiger partial charge in [0.2, 0.25) is 0 Å². The van der Waals surface area contributed by atoms with Gasteiger partial charge in [0.1, 0.15) is 17.1 Å². The van der Waals surface area contributed by atoms with Gasteiger partial charge in [-0.25, -0.2) is 9.18 Å². The minimum absolute atomic E-state index is 0.290. The molecule has 0 amide bonds. The molecule has 5 rings (SSSR count). The van der Waals surface area contributed by atoms with E-state index in [0.29, 0.717) is 28.8 Å². The molecule has 0 bridgehead atoms. The van der Waals surface area contributed by atoms with Crippen molar-refractivity contribution in [2.75, 3.05) is 20.2 Å². The zero-order chi connectivity index (χ0) is 23.5. The van der Waals surface area contributed by atoms with Crippen molar-refractivity contribution in [2.45, 2.75) is 36.7 Å². The van der Waals surface area contributed by atoms with Crippen LogP contribution in [0.3, 0.4) is 0 Å². The van der Waals surface area contributed by atoms with Crippen molar-refractivity contribution in [3.8, 4) is 11.4 Å². The van der Waals surface area contributed by atoms with Gasteiger partial charge >= 0.3 is 5.63 Å². The zero-order valence-corrected chi connectivity index (χ0v) is 19.7. The van der Waals surface area contributed by atoms with Crippen molar-refractivity contribution < 1.29 is 13.5 Å². The number of ether oxygens (including phenoxy) is 1. The summed E-state index contributed by atoms with van der Waals surface area (Å²) in [5, 5.41) is 10.5. The highest BCUT2D eigenvalue weighted by Gasteiger charge is 2.19. The summed E-state index contributed by atoms with van der Waals surface area (Å²) < 4.78 is 26.2. The number of likely N-dealkylation sites (tertiary alicyclic amines) is 1. The third kappa shape index (κ3) is 4.85. The van der Waals surface area contributed by atoms with Crippen LogP contribution >= 0.6 is 11.8 Å². The molecule has 9 heteroatoms. The molecule has 0 unspecified atom stereocenters. The molecule has 2 aromatic carbocycles. The van der Waals surface area contributed by atoms with Crippen LogP contribution in [-0.2, 0) is 12.3 Å². The van der Waals surface area contributed by atoms with E-state index in [9.17, 15) is 9.18 Å². The third-order valence-corrected chi connectivity index (χ3v) is 6.97. The van der Waals surface area contributed by atoms with E-state index in [1.165, 1.54) is 49.2 Å². The number of rotatable bonds is 7. The Balaban J connectivity index is 1.47. The van der Waals surface area contributed by atoms with Crippen LogP contribution in [0.5, 0.6) is 5.75 Å². The lowest BCUT2D eigenvalue weighted by atomic mass is 10.1. The molecule has 3 heterocycles. The highest BCUT2D eigenvalue weighted by atomic mass is 32.2. The predicted molar refractivity (Wildman–Crippen MR) is 129 cm³/mol. The minimum Gasteiger partial charge on any atom is -0.497 e. The van der Waals surface area contributed by atoms with Gasteiger partial charge in [-0.05, 0) is 67.9 Å². The van der Waals surface area contributed by atoms with Crippen molar-refractivity contribution in [3.05, 3.63) is 76.2 Å². The van der Waals surface area contributed by atoms with Gasteiger partial charge in [-0.3, -0.25) is 9.47 Å². The SMILES string of the molecule is COc1ccc2c(CSc3nnc(CN4CCCCC4)n3-c3ccc(F)cc3)cc(=O)oc2c1. The van der Waals surface area contributed by atoms with E-state index in [4.69, 9.17) is 9.15 Å². The number of benzene rings is 2. The lowest BCUT2D eigenvalue weighted by Gasteiger charge is -2.26. The summed E-state index contributed by atoms with van der Waals surface area (Å²) >= 11 is 1.48. The number of fused-ring (bicyclic) bond motifs is 1. The molecular formula is C25H25FN4O3S. The van der Waals surface area contributed by atoms with Gasteiger partial charge in [0.05, 0.1) is 13.7 Å². The molecule has 4 aromatic rings. The summed E-state index contributed by atoms with van der Waals surface area (Å²) in [5.74, 6) is 1.65. The van der Waals surface area contributed by atoms with Crippen molar-refractivity contribution >= 4 is 22.7 Å². The Morgan fingerprint density at radius 3 is 2.62 bits per heavy atom. The maximum atomic E-state index is 13.6. The van der Waals surface area contributed by atoms with E-state index in [1.54, 1.807) is 25.3 Å². The summed E-state index contributed by atoms with van der Waals surface area (Å²) in [4.78, 5) is 14.6. The average Bonchev–Trinajstić information content (AvgIpc) is 3.25. The molecule has 0 N–H and O–H groups in total. The van der Waals surface area contributed by atoms with Crippen LogP contribution in [0.1, 0.15) is 30.7 Å². The summed E-state index contributed by atoms with van der Waals surface area (Å²) in [7, 11) is 1.57. The molecule has 2 aromatic heterocycles. The second kappa shape index (κ2) is 9.99. The fourth-order valence-corrected chi connectivity index (χ4v) is 5.22. The van der Waals surface area contributed by atoms with Crippen molar-refractivity contribution in [3.63, 3.8) is 0 Å². The molecule has 0 atom stereocenters. The van der Waals surface area contributed by atoms with Gasteiger partial charge in [0, 0.05) is 29.0 Å². The molecule has 0 saturated carbocycles. The molecule has 0 radical (unpaired) electrons. The molecule has 1 aliphatic rings. The molecule has 7 nitrogen and oxygen atoms in total. The molecule has 1 fully saturated rings. The molecule has 176 valence electrons. The van der Waals surface area contributed by atoms with Crippen molar-refractivity contribution in [1.82, 2.24) is 19.7 Å². The summed E-state index contributed by atoms with van der Waals surface area (Å²) in [6, 6.07) is 13.3. The number of aromatic nitrogens is 3. The maximum Gasteiger partial charge on any atom is 0.336 e. The van der Waals surface area contributed by atoms with Crippen molar-refractivity contribution in [2.24, 2.45) is 0 Å². The van der Waals surface area contributed by atoms with Crippen LogP contribution in [0.25, 0.3) is 16.7 Å². The standard InChI is InChI=1S/C25H25FN4O3S/c1-32-20-9-10-21-17(13-24(31)33-22(21)14-20)16-34-25-28-27-23(15-29-11-3-2-4-12-29)30(25)19-7-5-18(26)6-8-19/h5-10,13-14H,2-4,11-12,15-16H2,1H3. The Kier molecular flexibility index (Phi) is 6.64. The Hall–Kier alpha value is -3.17. The van der Waals surface area contributed by atoms with E-state index < -0.39 is 5.63 Å². The van der Waals surface area contributed by atoms with E-state index in [1.807, 2.05) is 16.7 Å². The van der Waals surface area contributed by atoms with Gasteiger partial charge < -0.3 is 9.15 Å². The van der Waals surface area contributed by atoms with Crippen molar-refractivity contribution in [1.29, 1.82) is 0 Å². The second-order valence-electron chi connectivity index (χ2n) is 8.29.